The van der Waals surface area contributed by atoms with Gasteiger partial charge in [0.05, 0.1) is 22.8 Å². The maximum atomic E-state index is 14.6. The summed E-state index contributed by atoms with van der Waals surface area (Å²) in [6.07, 6.45) is 6.41. The van der Waals surface area contributed by atoms with Gasteiger partial charge in [-0.1, -0.05) is 0 Å². The third-order valence-electron chi connectivity index (χ3n) is 5.21. The highest BCUT2D eigenvalue weighted by Gasteiger charge is 2.17. The van der Waals surface area contributed by atoms with Crippen LogP contribution in [0.15, 0.2) is 79.5 Å². The van der Waals surface area contributed by atoms with Gasteiger partial charge in [0.25, 0.3) is 0 Å². The maximum absolute atomic E-state index is 14.6. The number of nitrogens with zero attached hydrogens (tertiary/aromatic N) is 4. The number of fused-ring (bicyclic) bond motifs is 1. The number of halogens is 3. The highest BCUT2D eigenvalue weighted by molar-refractivity contribution is 6.11. The standard InChI is InChI=1S/C25H15F3N6O2/c26-18-4-2-15(31-25(36)32-16-3-5-19(27)20(28)11-16)10-17(18)24(35)14-1-6-21-22(9-14)33-23(12-30-21)34-8-7-29-13-34/h1-13H,(H2,31,32,36). The Bertz CT molecular complexity index is 1620. The molecule has 0 saturated carbocycles. The summed E-state index contributed by atoms with van der Waals surface area (Å²) < 4.78 is 42.7. The summed E-state index contributed by atoms with van der Waals surface area (Å²) in [5.74, 6) is -3.10. The zero-order chi connectivity index (χ0) is 25.2. The zero-order valence-corrected chi connectivity index (χ0v) is 18.2. The van der Waals surface area contributed by atoms with Crippen LogP contribution < -0.4 is 10.6 Å². The first-order valence-electron chi connectivity index (χ1n) is 10.5. The topological polar surface area (TPSA) is 102 Å². The van der Waals surface area contributed by atoms with E-state index in [4.69, 9.17) is 0 Å². The third-order valence-corrected chi connectivity index (χ3v) is 5.21. The van der Waals surface area contributed by atoms with Gasteiger partial charge in [0.2, 0.25) is 0 Å². The molecule has 36 heavy (non-hydrogen) atoms. The van der Waals surface area contributed by atoms with Gasteiger partial charge in [-0.15, -0.1) is 0 Å². The number of benzene rings is 3. The highest BCUT2D eigenvalue weighted by atomic mass is 19.2. The molecule has 5 aromatic rings. The van der Waals surface area contributed by atoms with E-state index in [-0.39, 0.29) is 22.5 Å². The fourth-order valence-electron chi connectivity index (χ4n) is 3.46. The van der Waals surface area contributed by atoms with E-state index in [2.05, 4.69) is 25.6 Å². The van der Waals surface area contributed by atoms with Gasteiger partial charge >= 0.3 is 6.03 Å². The lowest BCUT2D eigenvalue weighted by Crippen LogP contribution is -2.20. The minimum Gasteiger partial charge on any atom is -0.308 e. The van der Waals surface area contributed by atoms with Gasteiger partial charge in [-0.2, -0.15) is 0 Å². The second-order valence-electron chi connectivity index (χ2n) is 7.63. The summed E-state index contributed by atoms with van der Waals surface area (Å²) in [7, 11) is 0. The number of nitrogens with one attached hydrogen (secondary N) is 2. The second kappa shape index (κ2) is 9.29. The van der Waals surface area contributed by atoms with E-state index in [0.29, 0.717) is 16.9 Å². The van der Waals surface area contributed by atoms with Crippen molar-refractivity contribution in [2.45, 2.75) is 0 Å². The summed E-state index contributed by atoms with van der Waals surface area (Å²) in [4.78, 5) is 38.1. The van der Waals surface area contributed by atoms with Crippen molar-refractivity contribution in [3.8, 4) is 5.82 Å². The van der Waals surface area contributed by atoms with Crippen molar-refractivity contribution in [1.82, 2.24) is 19.5 Å². The third kappa shape index (κ3) is 4.62. The highest BCUT2D eigenvalue weighted by Crippen LogP contribution is 2.22. The first-order valence-corrected chi connectivity index (χ1v) is 10.5. The Morgan fingerprint density at radius 1 is 0.806 bits per heavy atom. The minimum atomic E-state index is -1.13. The van der Waals surface area contributed by atoms with Crippen LogP contribution in [0.2, 0.25) is 0 Å². The van der Waals surface area contributed by atoms with Gasteiger partial charge in [-0.05, 0) is 48.5 Å². The molecule has 178 valence electrons. The fourth-order valence-corrected chi connectivity index (χ4v) is 3.46. The summed E-state index contributed by atoms with van der Waals surface area (Å²) in [6, 6.07) is 10.2. The smallest absolute Gasteiger partial charge is 0.308 e. The lowest BCUT2D eigenvalue weighted by atomic mass is 10.0. The Kier molecular flexibility index (Phi) is 5.87. The number of imidazole rings is 1. The number of hydrogen-bond acceptors (Lipinski definition) is 5. The van der Waals surface area contributed by atoms with Crippen molar-refractivity contribution in [3.05, 3.63) is 108 Å². The fraction of sp³-hybridized carbons (Fsp3) is 0. The normalized spacial score (nSPS) is 10.9. The van der Waals surface area contributed by atoms with Gasteiger partial charge in [0.15, 0.2) is 23.2 Å². The van der Waals surface area contributed by atoms with Gasteiger partial charge in [0, 0.05) is 35.4 Å². The maximum Gasteiger partial charge on any atom is 0.323 e. The van der Waals surface area contributed by atoms with Crippen LogP contribution in [0, 0.1) is 17.5 Å². The van der Waals surface area contributed by atoms with E-state index in [1.54, 1.807) is 35.6 Å². The number of rotatable bonds is 5. The first-order chi connectivity index (χ1) is 17.4. The van der Waals surface area contributed by atoms with Crippen LogP contribution in [-0.4, -0.2) is 31.3 Å². The van der Waals surface area contributed by atoms with E-state index < -0.39 is 29.3 Å². The van der Waals surface area contributed by atoms with Crippen molar-refractivity contribution >= 4 is 34.2 Å². The van der Waals surface area contributed by atoms with Crippen molar-refractivity contribution in [2.24, 2.45) is 0 Å². The second-order valence-corrected chi connectivity index (χ2v) is 7.63. The molecule has 5 rings (SSSR count). The van der Waals surface area contributed by atoms with Gasteiger partial charge < -0.3 is 10.6 Å². The molecule has 0 bridgehead atoms. The van der Waals surface area contributed by atoms with Crippen LogP contribution in [0.5, 0.6) is 0 Å². The van der Waals surface area contributed by atoms with Gasteiger partial charge in [-0.3, -0.25) is 14.3 Å². The number of aromatic nitrogens is 4. The number of ketones is 1. The van der Waals surface area contributed by atoms with Crippen LogP contribution in [0.1, 0.15) is 15.9 Å². The molecule has 0 atom stereocenters. The van der Waals surface area contributed by atoms with E-state index in [0.717, 1.165) is 18.2 Å². The Hall–Kier alpha value is -5.06. The molecule has 0 fully saturated rings. The summed E-state index contributed by atoms with van der Waals surface area (Å²) in [6.45, 7) is 0. The number of carbonyl (C=O) groups excluding carboxylic acids is 2. The Balaban J connectivity index is 1.38. The molecule has 0 aliphatic heterocycles. The summed E-state index contributed by atoms with van der Waals surface area (Å²) in [5.41, 5.74) is 0.980. The van der Waals surface area contributed by atoms with E-state index in [1.807, 2.05) is 0 Å². The molecule has 0 aliphatic carbocycles. The molecule has 0 unspecified atom stereocenters. The monoisotopic (exact) mass is 488 g/mol. The number of hydrogen-bond donors (Lipinski definition) is 2. The van der Waals surface area contributed by atoms with Gasteiger partial charge in [0.1, 0.15) is 12.1 Å². The molecule has 2 amide bonds. The quantitative estimate of drug-likeness (QED) is 0.335. The van der Waals surface area contributed by atoms with Crippen molar-refractivity contribution in [1.29, 1.82) is 0 Å². The molecular weight excluding hydrogens is 473 g/mol. The van der Waals surface area contributed by atoms with E-state index in [9.17, 15) is 22.8 Å². The van der Waals surface area contributed by atoms with Crippen molar-refractivity contribution in [3.63, 3.8) is 0 Å². The minimum absolute atomic E-state index is 0.0112. The predicted molar refractivity (Wildman–Crippen MR) is 125 cm³/mol. The van der Waals surface area contributed by atoms with E-state index >= 15 is 0 Å². The lowest BCUT2D eigenvalue weighted by Gasteiger charge is -2.10. The van der Waals surface area contributed by atoms with Crippen LogP contribution in [0.4, 0.5) is 29.3 Å². The number of anilines is 2. The molecule has 2 aromatic heterocycles. The van der Waals surface area contributed by atoms with Crippen molar-refractivity contribution in [2.75, 3.05) is 10.6 Å². The molecule has 0 spiro atoms. The molecule has 2 N–H and O–H groups in total. The predicted octanol–water partition coefficient (Wildman–Crippen LogP) is 5.11. The largest absolute Gasteiger partial charge is 0.323 e. The summed E-state index contributed by atoms with van der Waals surface area (Å²) in [5, 5.41) is 4.77. The summed E-state index contributed by atoms with van der Waals surface area (Å²) >= 11 is 0. The zero-order valence-electron chi connectivity index (χ0n) is 18.2. The number of carbonyl (C=O) groups is 2. The molecule has 2 heterocycles. The molecule has 0 aliphatic rings. The Morgan fingerprint density at radius 3 is 2.28 bits per heavy atom. The molecule has 0 radical (unpaired) electrons. The SMILES string of the molecule is O=C(Nc1ccc(F)c(F)c1)Nc1ccc(F)c(C(=O)c2ccc3ncc(-n4ccnc4)nc3c2)c1. The molecule has 0 saturated heterocycles. The number of amides is 2. The average Bonchev–Trinajstić information content (AvgIpc) is 3.41. The molecule has 3 aromatic carbocycles. The molecule has 8 nitrogen and oxygen atoms in total. The Labute approximate surface area is 201 Å². The van der Waals surface area contributed by atoms with E-state index in [1.165, 1.54) is 30.3 Å². The van der Waals surface area contributed by atoms with Crippen LogP contribution in [0.25, 0.3) is 16.9 Å². The van der Waals surface area contributed by atoms with Crippen molar-refractivity contribution < 1.29 is 22.8 Å². The van der Waals surface area contributed by atoms with Gasteiger partial charge in [-0.25, -0.2) is 27.9 Å². The number of urea groups is 1. The molecule has 11 heteroatoms. The lowest BCUT2D eigenvalue weighted by molar-refractivity contribution is 0.103. The van der Waals surface area contributed by atoms with Crippen LogP contribution >= 0.6 is 0 Å². The first kappa shape index (κ1) is 22.7. The molecular formula is C25H15F3N6O2. The average molecular weight is 488 g/mol. The Morgan fingerprint density at radius 2 is 1.56 bits per heavy atom. The van der Waals surface area contributed by atoms with Crippen LogP contribution in [-0.2, 0) is 0 Å². The van der Waals surface area contributed by atoms with Crippen LogP contribution in [0.3, 0.4) is 0 Å².